The van der Waals surface area contributed by atoms with Crippen LogP contribution in [0.15, 0.2) is 53.8 Å². The smallest absolute Gasteiger partial charge is 0.358 e. The maximum absolute atomic E-state index is 14.8. The number of halogens is 1. The van der Waals surface area contributed by atoms with Gasteiger partial charge >= 0.3 is 5.97 Å². The number of fused-ring (bicyclic) bond motifs is 4. The number of rotatable bonds is 3. The number of terminal acetylenes is 1. The Kier molecular flexibility index (Phi) is 4.07. The number of aromatic nitrogens is 2. The van der Waals surface area contributed by atoms with Crippen LogP contribution in [-0.2, 0) is 10.3 Å². The summed E-state index contributed by atoms with van der Waals surface area (Å²) in [5, 5.41) is 0. The molecule has 1 fully saturated rings. The average Bonchev–Trinajstić information content (AvgIpc) is 3.42. The van der Waals surface area contributed by atoms with Gasteiger partial charge in [-0.05, 0) is 50.1 Å². The van der Waals surface area contributed by atoms with Crippen LogP contribution in [0.2, 0.25) is 0 Å². The van der Waals surface area contributed by atoms with Crippen LogP contribution in [0.25, 0.3) is 5.69 Å². The highest BCUT2D eigenvalue weighted by Gasteiger charge is 2.52. The second kappa shape index (κ2) is 6.67. The standard InChI is InChI=1S/C24H18FN3O2/c1-3-15-9-10-19-17(13-15)20(16-7-5-6-8-18(16)25)27-24(11-12-24)22-21(23(29)30-4-2)26-14-28(19)22/h1,5-10,13-14H,4,11-12H2,2H3. The van der Waals surface area contributed by atoms with E-state index in [9.17, 15) is 9.18 Å². The van der Waals surface area contributed by atoms with Crippen LogP contribution in [0, 0.1) is 18.2 Å². The zero-order valence-corrected chi connectivity index (χ0v) is 16.4. The Hall–Kier alpha value is -3.72. The van der Waals surface area contributed by atoms with Gasteiger partial charge in [-0.15, -0.1) is 6.42 Å². The van der Waals surface area contributed by atoms with Gasteiger partial charge in [-0.2, -0.15) is 0 Å². The van der Waals surface area contributed by atoms with E-state index in [1.165, 1.54) is 6.07 Å². The molecule has 0 N–H and O–H groups in total. The van der Waals surface area contributed by atoms with Crippen LogP contribution in [0.1, 0.15) is 52.6 Å². The lowest BCUT2D eigenvalue weighted by Gasteiger charge is -2.13. The molecule has 1 saturated carbocycles. The normalized spacial score (nSPS) is 15.4. The van der Waals surface area contributed by atoms with E-state index < -0.39 is 11.5 Å². The Morgan fingerprint density at radius 3 is 2.77 bits per heavy atom. The zero-order chi connectivity index (χ0) is 20.9. The number of ether oxygens (including phenoxy) is 1. The summed E-state index contributed by atoms with van der Waals surface area (Å²) in [6.07, 6.45) is 8.71. The summed E-state index contributed by atoms with van der Waals surface area (Å²) < 4.78 is 21.9. The molecule has 1 aliphatic carbocycles. The molecule has 0 unspecified atom stereocenters. The lowest BCUT2D eigenvalue weighted by atomic mass is 9.98. The summed E-state index contributed by atoms with van der Waals surface area (Å²) in [5.41, 5.74) is 3.32. The number of hydrogen-bond donors (Lipinski definition) is 0. The molecule has 0 radical (unpaired) electrons. The Labute approximate surface area is 173 Å². The van der Waals surface area contributed by atoms with Crippen LogP contribution < -0.4 is 0 Å². The van der Waals surface area contributed by atoms with E-state index in [1.807, 2.05) is 22.8 Å². The van der Waals surface area contributed by atoms with Crippen LogP contribution in [0.3, 0.4) is 0 Å². The Morgan fingerprint density at radius 2 is 2.07 bits per heavy atom. The molecular weight excluding hydrogens is 381 g/mol. The highest BCUT2D eigenvalue weighted by molar-refractivity contribution is 6.16. The van der Waals surface area contributed by atoms with E-state index >= 15 is 0 Å². The summed E-state index contributed by atoms with van der Waals surface area (Å²) >= 11 is 0. The first-order chi connectivity index (χ1) is 14.6. The van der Waals surface area contributed by atoms with Crippen molar-refractivity contribution in [3.63, 3.8) is 0 Å². The average molecular weight is 399 g/mol. The fourth-order valence-corrected chi connectivity index (χ4v) is 4.00. The number of carbonyl (C=O) groups is 1. The van der Waals surface area contributed by atoms with E-state index in [4.69, 9.17) is 16.2 Å². The van der Waals surface area contributed by atoms with Crippen LogP contribution in [0.5, 0.6) is 0 Å². The number of hydrogen-bond acceptors (Lipinski definition) is 4. The van der Waals surface area contributed by atoms with Crippen molar-refractivity contribution in [2.75, 3.05) is 6.61 Å². The molecule has 0 amide bonds. The van der Waals surface area contributed by atoms with Crippen molar-refractivity contribution in [1.29, 1.82) is 0 Å². The van der Waals surface area contributed by atoms with Gasteiger partial charge in [0, 0.05) is 16.7 Å². The third-order valence-electron chi connectivity index (χ3n) is 5.53. The van der Waals surface area contributed by atoms with E-state index in [2.05, 4.69) is 10.9 Å². The van der Waals surface area contributed by atoms with Crippen LogP contribution >= 0.6 is 0 Å². The molecule has 2 aliphatic rings. The second-order valence-corrected chi connectivity index (χ2v) is 7.38. The zero-order valence-electron chi connectivity index (χ0n) is 16.4. The SMILES string of the molecule is C#Cc1ccc2c(c1)C(c1ccccc1F)=NC1(CC1)c1c(C(=O)OCC)ncn1-2. The first kappa shape index (κ1) is 18.3. The topological polar surface area (TPSA) is 56.5 Å². The Morgan fingerprint density at radius 1 is 1.27 bits per heavy atom. The molecule has 5 nitrogen and oxygen atoms in total. The first-order valence-electron chi connectivity index (χ1n) is 9.79. The van der Waals surface area contributed by atoms with Gasteiger partial charge in [0.25, 0.3) is 0 Å². The fraction of sp³-hybridized carbons (Fsp3) is 0.208. The summed E-state index contributed by atoms with van der Waals surface area (Å²) in [4.78, 5) is 22.0. The summed E-state index contributed by atoms with van der Waals surface area (Å²) in [6, 6.07) is 12.1. The Bertz CT molecular complexity index is 1260. The minimum atomic E-state index is -0.647. The highest BCUT2D eigenvalue weighted by atomic mass is 19.1. The maximum Gasteiger partial charge on any atom is 0.358 e. The molecule has 148 valence electrons. The molecule has 6 heteroatoms. The van der Waals surface area contributed by atoms with Gasteiger partial charge in [0.05, 0.1) is 23.7 Å². The number of esters is 1. The van der Waals surface area contributed by atoms with Gasteiger partial charge in [-0.3, -0.25) is 9.56 Å². The van der Waals surface area contributed by atoms with Crippen molar-refractivity contribution in [2.24, 2.45) is 4.99 Å². The monoisotopic (exact) mass is 399 g/mol. The molecule has 1 aromatic heterocycles. The van der Waals surface area contributed by atoms with Crippen molar-refractivity contribution < 1.29 is 13.9 Å². The molecule has 2 aromatic carbocycles. The quantitative estimate of drug-likeness (QED) is 0.494. The lowest BCUT2D eigenvalue weighted by Crippen LogP contribution is -2.16. The number of benzene rings is 2. The fourth-order valence-electron chi connectivity index (χ4n) is 4.00. The van der Waals surface area contributed by atoms with E-state index in [-0.39, 0.29) is 18.1 Å². The highest BCUT2D eigenvalue weighted by Crippen LogP contribution is 2.53. The number of imidazole rings is 1. The minimum absolute atomic E-state index is 0.250. The van der Waals surface area contributed by atoms with Gasteiger partial charge < -0.3 is 4.74 Å². The molecule has 30 heavy (non-hydrogen) atoms. The molecule has 1 spiro atoms. The second-order valence-electron chi connectivity index (χ2n) is 7.38. The molecule has 3 aromatic rings. The molecule has 5 rings (SSSR count). The largest absolute Gasteiger partial charge is 0.461 e. The predicted molar refractivity (Wildman–Crippen MR) is 110 cm³/mol. The van der Waals surface area contributed by atoms with Crippen molar-refractivity contribution in [1.82, 2.24) is 9.55 Å². The summed E-state index contributed by atoms with van der Waals surface area (Å²) in [7, 11) is 0. The third-order valence-corrected chi connectivity index (χ3v) is 5.53. The van der Waals surface area contributed by atoms with Crippen LogP contribution in [0.4, 0.5) is 4.39 Å². The maximum atomic E-state index is 14.8. The molecule has 0 bridgehead atoms. The van der Waals surface area contributed by atoms with E-state index in [0.717, 1.165) is 18.5 Å². The number of carbonyl (C=O) groups excluding carboxylic acids is 1. The molecule has 0 saturated heterocycles. The van der Waals surface area contributed by atoms with E-state index in [1.54, 1.807) is 31.5 Å². The van der Waals surface area contributed by atoms with Crippen molar-refractivity contribution in [3.05, 3.63) is 82.7 Å². The number of nitrogens with zero attached hydrogens (tertiary/aromatic N) is 3. The minimum Gasteiger partial charge on any atom is -0.461 e. The third kappa shape index (κ3) is 2.66. The summed E-state index contributed by atoms with van der Waals surface area (Å²) in [5.74, 6) is 1.79. The molecule has 2 heterocycles. The molecule has 0 atom stereocenters. The van der Waals surface area contributed by atoms with Crippen molar-refractivity contribution in [3.8, 4) is 18.0 Å². The van der Waals surface area contributed by atoms with Crippen molar-refractivity contribution >= 4 is 11.7 Å². The van der Waals surface area contributed by atoms with Crippen molar-refractivity contribution in [2.45, 2.75) is 25.3 Å². The number of aliphatic imine (C=N–C) groups is 1. The van der Waals surface area contributed by atoms with E-state index in [0.29, 0.717) is 28.1 Å². The van der Waals surface area contributed by atoms with Gasteiger partial charge in [-0.25, -0.2) is 14.2 Å². The van der Waals surface area contributed by atoms with Gasteiger partial charge in [-0.1, -0.05) is 18.1 Å². The van der Waals surface area contributed by atoms with Crippen LogP contribution in [-0.4, -0.2) is 27.8 Å². The molecular formula is C24H18FN3O2. The lowest BCUT2D eigenvalue weighted by molar-refractivity contribution is 0.0517. The predicted octanol–water partition coefficient (Wildman–Crippen LogP) is 4.01. The molecule has 1 aliphatic heterocycles. The first-order valence-corrected chi connectivity index (χ1v) is 9.79. The van der Waals surface area contributed by atoms with Gasteiger partial charge in [0.15, 0.2) is 5.69 Å². The van der Waals surface area contributed by atoms with Gasteiger partial charge in [0.2, 0.25) is 0 Å². The summed E-state index contributed by atoms with van der Waals surface area (Å²) in [6.45, 7) is 2.01. The Balaban J connectivity index is 1.83. The van der Waals surface area contributed by atoms with Gasteiger partial charge in [0.1, 0.15) is 17.7 Å².